The Morgan fingerprint density at radius 1 is 0.852 bits per heavy atom. The first-order chi connectivity index (χ1) is 12.3. The van der Waals surface area contributed by atoms with Crippen molar-refractivity contribution in [1.29, 1.82) is 0 Å². The maximum Gasteiger partial charge on any atom is 0.458 e. The first-order valence-electron chi connectivity index (χ1n) is 6.84. The van der Waals surface area contributed by atoms with Gasteiger partial charge in [0.05, 0.1) is 21.7 Å². The van der Waals surface area contributed by atoms with E-state index >= 15 is 0 Å². The molecule has 3 rings (SSSR count). The zero-order valence-corrected chi connectivity index (χ0v) is 13.3. The van der Waals surface area contributed by atoms with Gasteiger partial charge in [-0.05, 0) is 12.1 Å². The van der Waals surface area contributed by atoms with Crippen LogP contribution in [0.25, 0.3) is 22.7 Å². The van der Waals surface area contributed by atoms with E-state index in [4.69, 9.17) is 11.6 Å². The molecular weight excluding hydrogens is 412 g/mol. The number of imidazole rings is 1. The fourth-order valence-corrected chi connectivity index (χ4v) is 2.37. The van der Waals surface area contributed by atoms with Crippen LogP contribution in [0.1, 0.15) is 11.1 Å². The predicted octanol–water partition coefficient (Wildman–Crippen LogP) is 5.35. The van der Waals surface area contributed by atoms with Crippen LogP contribution in [0.15, 0.2) is 24.5 Å². The van der Waals surface area contributed by atoms with Gasteiger partial charge in [0.15, 0.2) is 11.5 Å². The Bertz CT molecular complexity index is 1010. The third kappa shape index (κ3) is 3.40. The Labute approximate surface area is 149 Å². The smallest absolute Gasteiger partial charge is 0.335 e. The number of aromatic nitrogens is 4. The number of hydrogen-bond donors (Lipinski definition) is 1. The quantitative estimate of drug-likeness (QED) is 0.573. The van der Waals surface area contributed by atoms with E-state index in [1.165, 1.54) is 0 Å². The molecule has 1 N–H and O–H groups in total. The molecule has 3 aromatic heterocycles. The predicted molar refractivity (Wildman–Crippen MR) is 77.1 cm³/mol. The average molecular weight is 417 g/mol. The molecule has 0 saturated heterocycles. The van der Waals surface area contributed by atoms with Crippen LogP contribution in [0.3, 0.4) is 0 Å². The van der Waals surface area contributed by atoms with E-state index in [9.17, 15) is 35.1 Å². The maximum absolute atomic E-state index is 13.4. The van der Waals surface area contributed by atoms with Gasteiger partial charge in [0.25, 0.3) is 0 Å². The lowest BCUT2D eigenvalue weighted by Gasteiger charge is -2.19. The molecule has 0 aliphatic carbocycles. The summed E-state index contributed by atoms with van der Waals surface area (Å²) in [7, 11) is 0. The zero-order chi connectivity index (χ0) is 20.2. The molecule has 144 valence electrons. The summed E-state index contributed by atoms with van der Waals surface area (Å²) in [5.41, 5.74) is -3.36. The number of pyridine rings is 2. The highest BCUT2D eigenvalue weighted by molar-refractivity contribution is 6.33. The van der Waals surface area contributed by atoms with E-state index in [2.05, 4.69) is 19.9 Å². The van der Waals surface area contributed by atoms with E-state index in [1.54, 1.807) is 0 Å². The highest BCUT2D eigenvalue weighted by Gasteiger charge is 2.59. The molecule has 0 fully saturated rings. The van der Waals surface area contributed by atoms with Crippen molar-refractivity contribution < 1.29 is 35.1 Å². The number of aromatic amines is 1. The topological polar surface area (TPSA) is 54.5 Å². The van der Waals surface area contributed by atoms with E-state index in [0.29, 0.717) is 24.5 Å². The normalized spacial score (nSPS) is 13.4. The summed E-state index contributed by atoms with van der Waals surface area (Å²) in [5.74, 6) is -5.40. The molecule has 0 amide bonds. The maximum atomic E-state index is 13.4. The van der Waals surface area contributed by atoms with E-state index in [-0.39, 0.29) is 22.7 Å². The molecule has 3 heterocycles. The second-order valence-electron chi connectivity index (χ2n) is 5.30. The minimum Gasteiger partial charge on any atom is -0.335 e. The monoisotopic (exact) mass is 416 g/mol. The molecule has 0 bridgehead atoms. The summed E-state index contributed by atoms with van der Waals surface area (Å²) < 4.78 is 102. The number of nitrogens with zero attached hydrogens (tertiary/aromatic N) is 3. The highest BCUT2D eigenvalue weighted by Crippen LogP contribution is 2.44. The van der Waals surface area contributed by atoms with Crippen molar-refractivity contribution in [2.24, 2.45) is 0 Å². The zero-order valence-electron chi connectivity index (χ0n) is 12.6. The molecule has 27 heavy (non-hydrogen) atoms. The molecule has 0 aliphatic rings. The van der Waals surface area contributed by atoms with Crippen LogP contribution < -0.4 is 0 Å². The highest BCUT2D eigenvalue weighted by atomic mass is 35.5. The average Bonchev–Trinajstić information content (AvgIpc) is 2.95. The summed E-state index contributed by atoms with van der Waals surface area (Å²) in [6.07, 6.45) is -9.74. The van der Waals surface area contributed by atoms with Crippen LogP contribution in [-0.4, -0.2) is 26.1 Å². The number of nitrogens with one attached hydrogen (secondary N) is 1. The first-order valence-corrected chi connectivity index (χ1v) is 7.22. The van der Waals surface area contributed by atoms with Gasteiger partial charge in [0.1, 0.15) is 5.69 Å². The second-order valence-corrected chi connectivity index (χ2v) is 5.71. The fraction of sp³-hybridized carbons (Fsp3) is 0.214. The minimum absolute atomic E-state index is 0.246. The molecular formula is C14H5ClF8N4. The fourth-order valence-electron chi connectivity index (χ4n) is 2.11. The van der Waals surface area contributed by atoms with Gasteiger partial charge in [-0.3, -0.25) is 4.98 Å². The molecule has 0 saturated carbocycles. The van der Waals surface area contributed by atoms with Crippen LogP contribution in [0.2, 0.25) is 5.02 Å². The third-order valence-electron chi connectivity index (χ3n) is 3.45. The standard InChI is InChI=1S/C14H5ClF8N4/c15-7-1-6(13(18,19)20)4-24-9(7)11-26-8-2-5(3-25-10(8)27-11)12(16,17)14(21,22)23/h1-4H,(H,25,26,27). The number of fused-ring (bicyclic) bond motifs is 1. The molecule has 0 atom stereocenters. The summed E-state index contributed by atoms with van der Waals surface area (Å²) in [6, 6.07) is 1.07. The number of halogens is 9. The lowest BCUT2D eigenvalue weighted by atomic mass is 10.1. The van der Waals surface area contributed by atoms with Crippen LogP contribution in [-0.2, 0) is 12.1 Å². The Kier molecular flexibility index (Phi) is 4.29. The van der Waals surface area contributed by atoms with E-state index < -0.39 is 34.4 Å². The molecule has 0 radical (unpaired) electrons. The summed E-state index contributed by atoms with van der Waals surface area (Å²) in [4.78, 5) is 13.1. The molecule has 4 nitrogen and oxygen atoms in total. The third-order valence-corrected chi connectivity index (χ3v) is 3.74. The van der Waals surface area contributed by atoms with Crippen molar-refractivity contribution >= 4 is 22.8 Å². The summed E-state index contributed by atoms with van der Waals surface area (Å²) in [5, 5.41) is -0.454. The van der Waals surface area contributed by atoms with Crippen molar-refractivity contribution in [2.75, 3.05) is 0 Å². The van der Waals surface area contributed by atoms with Gasteiger partial charge in [-0.2, -0.15) is 35.1 Å². The summed E-state index contributed by atoms with van der Waals surface area (Å²) >= 11 is 5.75. The van der Waals surface area contributed by atoms with Gasteiger partial charge in [0.2, 0.25) is 0 Å². The van der Waals surface area contributed by atoms with Gasteiger partial charge in [0, 0.05) is 12.4 Å². The van der Waals surface area contributed by atoms with Crippen molar-refractivity contribution in [1.82, 2.24) is 19.9 Å². The van der Waals surface area contributed by atoms with Crippen LogP contribution in [0.5, 0.6) is 0 Å². The van der Waals surface area contributed by atoms with Crippen LogP contribution >= 0.6 is 11.6 Å². The molecule has 0 aliphatic heterocycles. The van der Waals surface area contributed by atoms with Gasteiger partial charge in [-0.15, -0.1) is 0 Å². The van der Waals surface area contributed by atoms with Crippen molar-refractivity contribution in [3.8, 4) is 11.5 Å². The number of H-pyrrole nitrogens is 1. The Morgan fingerprint density at radius 3 is 2.04 bits per heavy atom. The largest absolute Gasteiger partial charge is 0.458 e. The lowest BCUT2D eigenvalue weighted by Crippen LogP contribution is -2.33. The lowest BCUT2D eigenvalue weighted by molar-refractivity contribution is -0.289. The van der Waals surface area contributed by atoms with Gasteiger partial charge < -0.3 is 4.98 Å². The SMILES string of the molecule is FC(F)(F)c1cnc(-c2nc3ncc(C(F)(F)C(F)(F)F)cc3[nH]2)c(Cl)c1. The molecule has 13 heteroatoms. The number of rotatable bonds is 2. The second kappa shape index (κ2) is 6.01. The van der Waals surface area contributed by atoms with Crippen LogP contribution in [0.4, 0.5) is 35.1 Å². The Balaban J connectivity index is 2.06. The molecule has 0 unspecified atom stereocenters. The van der Waals surface area contributed by atoms with Gasteiger partial charge in [-0.1, -0.05) is 11.6 Å². The van der Waals surface area contributed by atoms with Crippen LogP contribution in [0, 0.1) is 0 Å². The Morgan fingerprint density at radius 2 is 1.48 bits per heavy atom. The number of alkyl halides is 8. The van der Waals surface area contributed by atoms with Gasteiger partial charge >= 0.3 is 18.3 Å². The molecule has 3 aromatic rings. The van der Waals surface area contributed by atoms with E-state index in [0.717, 1.165) is 0 Å². The van der Waals surface area contributed by atoms with Gasteiger partial charge in [-0.25, -0.2) is 9.97 Å². The van der Waals surface area contributed by atoms with Crippen molar-refractivity contribution in [3.05, 3.63) is 40.7 Å². The Hall–Kier alpha value is -2.50. The van der Waals surface area contributed by atoms with Crippen molar-refractivity contribution in [2.45, 2.75) is 18.3 Å². The number of hydrogen-bond acceptors (Lipinski definition) is 3. The minimum atomic E-state index is -5.83. The van der Waals surface area contributed by atoms with Crippen molar-refractivity contribution in [3.63, 3.8) is 0 Å². The summed E-state index contributed by atoms with van der Waals surface area (Å²) in [6.45, 7) is 0. The molecule has 0 aromatic carbocycles. The van der Waals surface area contributed by atoms with E-state index in [1.807, 2.05) is 0 Å². The molecule has 0 spiro atoms. The first kappa shape index (κ1) is 19.3.